The van der Waals surface area contributed by atoms with Gasteiger partial charge in [0.2, 0.25) is 0 Å². The van der Waals surface area contributed by atoms with E-state index >= 15 is 0 Å². The molecular formula is C26H28N2O6. The average molecular weight is 465 g/mol. The Bertz CT molecular complexity index is 1090. The lowest BCUT2D eigenvalue weighted by molar-refractivity contribution is -0.148. The molecule has 2 aliphatic rings. The molecule has 1 fully saturated rings. The molecule has 178 valence electrons. The van der Waals surface area contributed by atoms with Gasteiger partial charge < -0.3 is 14.8 Å². The van der Waals surface area contributed by atoms with Crippen LogP contribution in [0.3, 0.4) is 0 Å². The van der Waals surface area contributed by atoms with E-state index in [0.29, 0.717) is 48.6 Å². The Hall–Kier alpha value is -3.68. The number of carbonyl (C=O) groups excluding carboxylic acids is 4. The van der Waals surface area contributed by atoms with Gasteiger partial charge in [-0.15, -0.1) is 0 Å². The lowest BCUT2D eigenvalue weighted by Gasteiger charge is -2.44. The van der Waals surface area contributed by atoms with E-state index in [1.807, 2.05) is 6.07 Å². The van der Waals surface area contributed by atoms with Crippen LogP contribution in [-0.4, -0.2) is 42.3 Å². The monoisotopic (exact) mass is 464 g/mol. The Morgan fingerprint density at radius 1 is 1.03 bits per heavy atom. The number of benzene rings is 2. The second-order valence-electron chi connectivity index (χ2n) is 8.63. The lowest BCUT2D eigenvalue weighted by Crippen LogP contribution is -2.61. The Kier molecular flexibility index (Phi) is 6.95. The summed E-state index contributed by atoms with van der Waals surface area (Å²) in [7, 11) is 0. The molecule has 1 spiro atoms. The number of esters is 1. The molecular weight excluding hydrogens is 436 g/mol. The van der Waals surface area contributed by atoms with Crippen molar-refractivity contribution >= 4 is 34.9 Å². The summed E-state index contributed by atoms with van der Waals surface area (Å²) in [5.74, 6) is -0.496. The molecule has 8 heteroatoms. The van der Waals surface area contributed by atoms with Crippen LogP contribution in [0.1, 0.15) is 55.8 Å². The van der Waals surface area contributed by atoms with Gasteiger partial charge in [0.1, 0.15) is 11.3 Å². The fraction of sp³-hybridized carbons (Fsp3) is 0.385. The number of nitrogens with zero attached hydrogens (tertiary/aromatic N) is 1. The Morgan fingerprint density at radius 2 is 1.74 bits per heavy atom. The maximum Gasteiger partial charge on any atom is 0.306 e. The normalized spacial score (nSPS) is 16.0. The predicted octanol–water partition coefficient (Wildman–Crippen LogP) is 3.89. The van der Waals surface area contributed by atoms with Crippen LogP contribution in [0.5, 0.6) is 5.75 Å². The summed E-state index contributed by atoms with van der Waals surface area (Å²) < 4.78 is 10.8. The topological polar surface area (TPSA) is 102 Å². The van der Waals surface area contributed by atoms with Gasteiger partial charge in [0.05, 0.1) is 18.0 Å². The van der Waals surface area contributed by atoms with E-state index in [-0.39, 0.29) is 18.1 Å². The van der Waals surface area contributed by atoms with Gasteiger partial charge in [0.15, 0.2) is 12.4 Å². The third-order valence-electron chi connectivity index (χ3n) is 6.34. The zero-order chi connectivity index (χ0) is 24.1. The van der Waals surface area contributed by atoms with E-state index < -0.39 is 24.0 Å². The number of amides is 2. The van der Waals surface area contributed by atoms with Crippen molar-refractivity contribution in [3.8, 4) is 5.75 Å². The molecule has 4 rings (SSSR count). The smallest absolute Gasteiger partial charge is 0.306 e. The number of anilines is 2. The standard InChI is InChI=1S/C26H28N2O6/c1-18(29)19-10-12-20(13-11-19)33-16-6-9-24(31)34-17-23(30)28-22-8-3-2-7-21(22)27-25(32)26(28)14-4-5-15-26/h2-3,7-8,10-13H,4-6,9,14-17H2,1H3,(H,27,32). The molecule has 2 amide bonds. The molecule has 8 nitrogen and oxygen atoms in total. The lowest BCUT2D eigenvalue weighted by atomic mass is 9.90. The number of hydrogen-bond donors (Lipinski definition) is 1. The van der Waals surface area contributed by atoms with Crippen LogP contribution in [-0.2, 0) is 19.1 Å². The summed E-state index contributed by atoms with van der Waals surface area (Å²) in [5.41, 5.74) is 0.894. The molecule has 34 heavy (non-hydrogen) atoms. The number of fused-ring (bicyclic) bond motifs is 1. The van der Waals surface area contributed by atoms with Crippen LogP contribution in [0.25, 0.3) is 0 Å². The first-order valence-electron chi connectivity index (χ1n) is 11.5. The molecule has 0 bridgehead atoms. The maximum absolute atomic E-state index is 13.2. The highest BCUT2D eigenvalue weighted by molar-refractivity contribution is 6.15. The maximum atomic E-state index is 13.2. The van der Waals surface area contributed by atoms with E-state index in [1.54, 1.807) is 42.5 Å². The van der Waals surface area contributed by atoms with Gasteiger partial charge in [-0.05, 0) is 62.6 Å². The number of Topliss-reactive ketones (excluding diaryl/α,β-unsaturated/α-hetero) is 1. The minimum atomic E-state index is -0.927. The zero-order valence-corrected chi connectivity index (χ0v) is 19.2. The fourth-order valence-corrected chi connectivity index (χ4v) is 4.60. The number of nitrogens with one attached hydrogen (secondary N) is 1. The van der Waals surface area contributed by atoms with E-state index in [9.17, 15) is 19.2 Å². The number of carbonyl (C=O) groups is 4. The van der Waals surface area contributed by atoms with Gasteiger partial charge in [-0.3, -0.25) is 24.1 Å². The molecule has 0 atom stereocenters. The Labute approximate surface area is 198 Å². The third kappa shape index (κ3) is 4.81. The number of hydrogen-bond acceptors (Lipinski definition) is 6. The highest BCUT2D eigenvalue weighted by Gasteiger charge is 2.52. The van der Waals surface area contributed by atoms with Crippen molar-refractivity contribution in [3.05, 3.63) is 54.1 Å². The average Bonchev–Trinajstić information content (AvgIpc) is 3.32. The predicted molar refractivity (Wildman–Crippen MR) is 126 cm³/mol. The van der Waals surface area contributed by atoms with Gasteiger partial charge in [-0.25, -0.2) is 0 Å². The SMILES string of the molecule is CC(=O)c1ccc(OCCCC(=O)OCC(=O)N2c3ccccc3NC(=O)C23CCCC3)cc1. The first kappa shape index (κ1) is 23.5. The van der Waals surface area contributed by atoms with E-state index in [2.05, 4.69) is 5.32 Å². The molecule has 2 aromatic carbocycles. The Morgan fingerprint density at radius 3 is 2.44 bits per heavy atom. The molecule has 0 saturated heterocycles. The van der Waals surface area contributed by atoms with Crippen molar-refractivity contribution in [2.45, 2.75) is 51.0 Å². The number of ketones is 1. The first-order chi connectivity index (χ1) is 16.4. The van der Waals surface area contributed by atoms with Crippen molar-refractivity contribution in [1.82, 2.24) is 0 Å². The van der Waals surface area contributed by atoms with Crippen molar-refractivity contribution in [2.75, 3.05) is 23.4 Å². The Balaban J connectivity index is 1.30. The quantitative estimate of drug-likeness (QED) is 0.361. The number of para-hydroxylation sites is 2. The van der Waals surface area contributed by atoms with Crippen molar-refractivity contribution in [2.24, 2.45) is 0 Å². The third-order valence-corrected chi connectivity index (χ3v) is 6.34. The number of rotatable bonds is 8. The van der Waals surface area contributed by atoms with Crippen LogP contribution < -0.4 is 15.0 Å². The molecule has 1 aliphatic carbocycles. The molecule has 0 aromatic heterocycles. The largest absolute Gasteiger partial charge is 0.494 e. The van der Waals surface area contributed by atoms with Crippen molar-refractivity contribution in [3.63, 3.8) is 0 Å². The number of ether oxygens (including phenoxy) is 2. The van der Waals surface area contributed by atoms with Crippen LogP contribution in [0.15, 0.2) is 48.5 Å². The summed E-state index contributed by atoms with van der Waals surface area (Å²) >= 11 is 0. The van der Waals surface area contributed by atoms with E-state index in [4.69, 9.17) is 9.47 Å². The summed E-state index contributed by atoms with van der Waals surface area (Å²) in [6.45, 7) is 1.37. The van der Waals surface area contributed by atoms with Gasteiger partial charge >= 0.3 is 5.97 Å². The molecule has 0 unspecified atom stereocenters. The van der Waals surface area contributed by atoms with E-state index in [1.165, 1.54) is 11.8 Å². The van der Waals surface area contributed by atoms with Crippen LogP contribution >= 0.6 is 0 Å². The second-order valence-corrected chi connectivity index (χ2v) is 8.63. The zero-order valence-electron chi connectivity index (χ0n) is 19.2. The van der Waals surface area contributed by atoms with Crippen LogP contribution in [0.4, 0.5) is 11.4 Å². The van der Waals surface area contributed by atoms with Crippen molar-refractivity contribution in [1.29, 1.82) is 0 Å². The molecule has 1 heterocycles. The van der Waals surface area contributed by atoms with Gasteiger partial charge in [0, 0.05) is 12.0 Å². The summed E-state index contributed by atoms with van der Waals surface area (Å²) in [6.07, 6.45) is 3.39. The van der Waals surface area contributed by atoms with Crippen LogP contribution in [0, 0.1) is 0 Å². The highest BCUT2D eigenvalue weighted by atomic mass is 16.5. The summed E-state index contributed by atoms with van der Waals surface area (Å²) in [5, 5.41) is 2.93. The second kappa shape index (κ2) is 10.1. The molecule has 1 aliphatic heterocycles. The first-order valence-corrected chi connectivity index (χ1v) is 11.5. The van der Waals surface area contributed by atoms with Gasteiger partial charge in [-0.2, -0.15) is 0 Å². The van der Waals surface area contributed by atoms with E-state index in [0.717, 1.165) is 12.8 Å². The van der Waals surface area contributed by atoms with Gasteiger partial charge in [-0.1, -0.05) is 25.0 Å². The minimum Gasteiger partial charge on any atom is -0.494 e. The van der Waals surface area contributed by atoms with Crippen LogP contribution in [0.2, 0.25) is 0 Å². The van der Waals surface area contributed by atoms with Crippen molar-refractivity contribution < 1.29 is 28.7 Å². The molecule has 1 N–H and O–H groups in total. The fourth-order valence-electron chi connectivity index (χ4n) is 4.60. The molecule has 2 aromatic rings. The molecule has 0 radical (unpaired) electrons. The van der Waals surface area contributed by atoms with Gasteiger partial charge in [0.25, 0.3) is 11.8 Å². The molecule has 1 saturated carbocycles. The summed E-state index contributed by atoms with van der Waals surface area (Å²) in [4.78, 5) is 51.2. The highest BCUT2D eigenvalue weighted by Crippen LogP contribution is 2.45. The minimum absolute atomic E-state index is 0.0173. The summed E-state index contributed by atoms with van der Waals surface area (Å²) in [6, 6.07) is 14.0.